The monoisotopic (exact) mass is 208 g/mol. The molecule has 0 amide bonds. The lowest BCUT2D eigenvalue weighted by molar-refractivity contribution is 0.0697. The maximum absolute atomic E-state index is 10.6. The number of carboxylic acids is 1. The molecule has 0 radical (unpaired) electrons. The Hall–Kier alpha value is -2.25. The topological polar surface area (TPSA) is 98.7 Å². The van der Waals surface area contributed by atoms with Gasteiger partial charge in [-0.1, -0.05) is 0 Å². The molecule has 0 spiro atoms. The van der Waals surface area contributed by atoms with Crippen molar-refractivity contribution in [2.75, 3.05) is 0 Å². The van der Waals surface area contributed by atoms with Crippen molar-refractivity contribution in [3.63, 3.8) is 0 Å². The summed E-state index contributed by atoms with van der Waals surface area (Å²) < 4.78 is 1.44. The Balaban J connectivity index is 2.14. The molecule has 0 aromatic carbocycles. The molecular weight excluding hydrogens is 200 g/mol. The van der Waals surface area contributed by atoms with Crippen molar-refractivity contribution in [3.05, 3.63) is 23.8 Å². The van der Waals surface area contributed by atoms with Crippen LogP contribution in [0.5, 0.6) is 0 Å². The van der Waals surface area contributed by atoms with E-state index in [0.717, 1.165) is 0 Å². The quantitative estimate of drug-likeness (QED) is 0.705. The largest absolute Gasteiger partial charge is 0.478 e. The van der Waals surface area contributed by atoms with E-state index in [0.29, 0.717) is 12.4 Å². The van der Waals surface area contributed by atoms with Crippen LogP contribution in [0.4, 0.5) is 0 Å². The second kappa shape index (κ2) is 3.48. The van der Waals surface area contributed by atoms with Crippen LogP contribution in [0.1, 0.15) is 16.2 Å². The van der Waals surface area contributed by atoms with Gasteiger partial charge >= 0.3 is 5.97 Å². The normalized spacial score (nSPS) is 10.5. The summed E-state index contributed by atoms with van der Waals surface area (Å²) in [4.78, 5) is 11.9. The minimum atomic E-state index is -1.01. The molecule has 2 aromatic heterocycles. The second-order valence-corrected chi connectivity index (χ2v) is 2.93. The number of aryl methyl sites for hydroxylation is 1. The van der Waals surface area contributed by atoms with Crippen LogP contribution in [0.3, 0.4) is 0 Å². The third-order valence-electron chi connectivity index (χ3n) is 1.73. The molecule has 8 nitrogen and oxygen atoms in total. The van der Waals surface area contributed by atoms with E-state index in [1.165, 1.54) is 21.9 Å². The predicted molar refractivity (Wildman–Crippen MR) is 47.1 cm³/mol. The Morgan fingerprint density at radius 1 is 1.60 bits per heavy atom. The molecule has 0 aliphatic carbocycles. The van der Waals surface area contributed by atoms with Gasteiger partial charge in [0.05, 0.1) is 18.8 Å². The molecule has 2 heterocycles. The lowest BCUT2D eigenvalue weighted by Gasteiger charge is -1.93. The van der Waals surface area contributed by atoms with Crippen LogP contribution in [0.25, 0.3) is 0 Å². The van der Waals surface area contributed by atoms with Crippen molar-refractivity contribution < 1.29 is 9.90 Å². The molecule has 1 N–H and O–H groups in total. The third-order valence-corrected chi connectivity index (χ3v) is 1.73. The Bertz CT molecular complexity index is 487. The van der Waals surface area contributed by atoms with Gasteiger partial charge in [-0.05, 0) is 5.21 Å². The molecule has 8 heteroatoms. The number of nitrogens with zero attached hydrogens (tertiary/aromatic N) is 6. The highest BCUT2D eigenvalue weighted by atomic mass is 16.4. The van der Waals surface area contributed by atoms with Gasteiger partial charge in [0, 0.05) is 6.20 Å². The number of tetrazole rings is 1. The number of hydrogen-bond acceptors (Lipinski definition) is 5. The molecule has 0 bridgehead atoms. The zero-order valence-electron chi connectivity index (χ0n) is 7.90. The van der Waals surface area contributed by atoms with Crippen molar-refractivity contribution in [2.24, 2.45) is 7.05 Å². The minimum Gasteiger partial charge on any atom is -0.478 e. The summed E-state index contributed by atoms with van der Waals surface area (Å²) in [5, 5.41) is 23.9. The third kappa shape index (κ3) is 1.98. The molecule has 0 saturated heterocycles. The average Bonchev–Trinajstić information content (AvgIpc) is 2.76. The fourth-order valence-electron chi connectivity index (χ4n) is 1.09. The van der Waals surface area contributed by atoms with Crippen LogP contribution < -0.4 is 0 Å². The Labute approximate surface area is 84.1 Å². The maximum atomic E-state index is 10.6. The number of aromatic nitrogens is 6. The molecule has 0 aliphatic rings. The number of hydrogen-bond donors (Lipinski definition) is 1. The number of rotatable bonds is 3. The van der Waals surface area contributed by atoms with Gasteiger partial charge in [-0.3, -0.25) is 4.68 Å². The lowest BCUT2D eigenvalue weighted by atomic mass is 10.4. The van der Waals surface area contributed by atoms with Gasteiger partial charge in [0.1, 0.15) is 6.54 Å². The zero-order valence-corrected chi connectivity index (χ0v) is 7.90. The van der Waals surface area contributed by atoms with Gasteiger partial charge < -0.3 is 5.11 Å². The van der Waals surface area contributed by atoms with E-state index in [-0.39, 0.29) is 5.56 Å². The predicted octanol–water partition coefficient (Wildman–Crippen LogP) is -0.847. The molecule has 2 rings (SSSR count). The number of carboxylic acid groups (broad SMARTS) is 1. The van der Waals surface area contributed by atoms with Crippen LogP contribution in [-0.4, -0.2) is 41.1 Å². The van der Waals surface area contributed by atoms with Gasteiger partial charge in [0.15, 0.2) is 5.82 Å². The Morgan fingerprint density at radius 2 is 2.40 bits per heavy atom. The van der Waals surface area contributed by atoms with Gasteiger partial charge in [-0.15, -0.1) is 10.2 Å². The number of aromatic carboxylic acids is 1. The average molecular weight is 208 g/mol. The molecule has 0 fully saturated rings. The molecule has 2 aromatic rings. The smallest absolute Gasteiger partial charge is 0.338 e. The van der Waals surface area contributed by atoms with Crippen LogP contribution in [0.15, 0.2) is 12.4 Å². The van der Waals surface area contributed by atoms with Crippen molar-refractivity contribution in [1.29, 1.82) is 0 Å². The van der Waals surface area contributed by atoms with E-state index < -0.39 is 5.97 Å². The summed E-state index contributed by atoms with van der Waals surface area (Å²) >= 11 is 0. The van der Waals surface area contributed by atoms with Gasteiger partial charge in [0.2, 0.25) is 0 Å². The Morgan fingerprint density at radius 3 is 2.93 bits per heavy atom. The highest BCUT2D eigenvalue weighted by Crippen LogP contribution is 1.99. The van der Waals surface area contributed by atoms with Crippen LogP contribution in [0, 0.1) is 0 Å². The molecule has 0 aliphatic heterocycles. The summed E-state index contributed by atoms with van der Waals surface area (Å²) in [5.41, 5.74) is 0.138. The summed E-state index contributed by atoms with van der Waals surface area (Å²) in [7, 11) is 1.66. The van der Waals surface area contributed by atoms with Crippen molar-refractivity contribution >= 4 is 5.97 Å². The zero-order chi connectivity index (χ0) is 10.8. The first-order valence-electron chi connectivity index (χ1n) is 4.14. The van der Waals surface area contributed by atoms with Crippen LogP contribution >= 0.6 is 0 Å². The lowest BCUT2D eigenvalue weighted by Crippen LogP contribution is -2.03. The second-order valence-electron chi connectivity index (χ2n) is 2.93. The van der Waals surface area contributed by atoms with E-state index in [1.807, 2.05) is 0 Å². The van der Waals surface area contributed by atoms with E-state index in [2.05, 4.69) is 20.5 Å². The van der Waals surface area contributed by atoms with Crippen molar-refractivity contribution in [3.8, 4) is 0 Å². The molecular formula is C7H8N6O2. The molecule has 0 atom stereocenters. The van der Waals surface area contributed by atoms with Crippen molar-refractivity contribution in [1.82, 2.24) is 30.0 Å². The first kappa shape index (κ1) is 9.31. The van der Waals surface area contributed by atoms with Gasteiger partial charge in [-0.25, -0.2) is 4.79 Å². The summed E-state index contributed by atoms with van der Waals surface area (Å²) in [6.45, 7) is 0.307. The first-order valence-corrected chi connectivity index (χ1v) is 4.14. The SMILES string of the molecule is Cn1nnc(Cn2cc(C(=O)O)cn2)n1. The molecule has 78 valence electrons. The van der Waals surface area contributed by atoms with Crippen LogP contribution in [-0.2, 0) is 13.6 Å². The maximum Gasteiger partial charge on any atom is 0.338 e. The van der Waals surface area contributed by atoms with Crippen molar-refractivity contribution in [2.45, 2.75) is 6.54 Å². The summed E-state index contributed by atoms with van der Waals surface area (Å²) in [6.07, 6.45) is 2.69. The van der Waals surface area contributed by atoms with E-state index in [4.69, 9.17) is 5.11 Å². The highest BCUT2D eigenvalue weighted by Gasteiger charge is 2.07. The van der Waals surface area contributed by atoms with Gasteiger partial charge in [-0.2, -0.15) is 9.90 Å². The summed E-state index contributed by atoms with van der Waals surface area (Å²) in [6, 6.07) is 0. The minimum absolute atomic E-state index is 0.138. The van der Waals surface area contributed by atoms with Gasteiger partial charge in [0.25, 0.3) is 0 Å². The molecule has 0 saturated carbocycles. The van der Waals surface area contributed by atoms with Crippen LogP contribution in [0.2, 0.25) is 0 Å². The Kier molecular flexibility index (Phi) is 2.16. The number of carbonyl (C=O) groups is 1. The van der Waals surface area contributed by atoms with E-state index >= 15 is 0 Å². The fourth-order valence-corrected chi connectivity index (χ4v) is 1.09. The highest BCUT2D eigenvalue weighted by molar-refractivity contribution is 5.86. The standard InChI is InChI=1S/C7H8N6O2/c1-12-10-6(9-11-12)4-13-3-5(2-8-13)7(14)15/h2-3H,4H2,1H3,(H,14,15). The molecule has 0 unspecified atom stereocenters. The summed E-state index contributed by atoms with van der Waals surface area (Å²) in [5.74, 6) is -0.522. The van der Waals surface area contributed by atoms with E-state index in [1.54, 1.807) is 7.05 Å². The fraction of sp³-hybridized carbons (Fsp3) is 0.286. The van der Waals surface area contributed by atoms with E-state index in [9.17, 15) is 4.79 Å². The first-order chi connectivity index (χ1) is 7.15. The molecule has 15 heavy (non-hydrogen) atoms.